The van der Waals surface area contributed by atoms with Crippen molar-refractivity contribution in [2.24, 2.45) is 0 Å². The van der Waals surface area contributed by atoms with Crippen molar-refractivity contribution < 1.29 is 8.83 Å². The number of allylic oxidation sites excluding steroid dienone is 3. The predicted molar refractivity (Wildman–Crippen MR) is 170 cm³/mol. The molecular formula is C38H25NO2. The highest BCUT2D eigenvalue weighted by Gasteiger charge is 2.22. The van der Waals surface area contributed by atoms with E-state index in [4.69, 9.17) is 8.83 Å². The molecule has 3 aromatic heterocycles. The molecule has 9 rings (SSSR count). The van der Waals surface area contributed by atoms with Gasteiger partial charge in [-0.25, -0.2) is 0 Å². The molecule has 0 spiro atoms. The number of nitrogens with zero attached hydrogens (tertiary/aromatic N) is 1. The van der Waals surface area contributed by atoms with Gasteiger partial charge in [0.15, 0.2) is 5.58 Å². The van der Waals surface area contributed by atoms with Crippen LogP contribution in [0.4, 0.5) is 0 Å². The van der Waals surface area contributed by atoms with Gasteiger partial charge in [0.2, 0.25) is 0 Å². The monoisotopic (exact) mass is 527 g/mol. The normalized spacial score (nSPS) is 15.0. The van der Waals surface area contributed by atoms with Crippen LogP contribution in [0, 0.1) is 0 Å². The van der Waals surface area contributed by atoms with Crippen LogP contribution in [-0.4, -0.2) is 4.57 Å². The van der Waals surface area contributed by atoms with Crippen LogP contribution < -0.4 is 0 Å². The van der Waals surface area contributed by atoms with E-state index < -0.39 is 0 Å². The third-order valence-electron chi connectivity index (χ3n) is 8.57. The first-order valence-electron chi connectivity index (χ1n) is 14.1. The Balaban J connectivity index is 1.28. The number of fused-ring (bicyclic) bond motifs is 9. The lowest BCUT2D eigenvalue weighted by Crippen LogP contribution is -1.94. The quantitative estimate of drug-likeness (QED) is 0.224. The Morgan fingerprint density at radius 1 is 0.585 bits per heavy atom. The highest BCUT2D eigenvalue weighted by atomic mass is 16.3. The molecule has 0 fully saturated rings. The highest BCUT2D eigenvalue weighted by molar-refractivity contribution is 6.12. The molecule has 194 valence electrons. The van der Waals surface area contributed by atoms with Crippen LogP contribution in [0.25, 0.3) is 77.6 Å². The van der Waals surface area contributed by atoms with Crippen molar-refractivity contribution in [2.75, 3.05) is 0 Å². The van der Waals surface area contributed by atoms with Crippen LogP contribution in [0.2, 0.25) is 0 Å². The highest BCUT2D eigenvalue weighted by Crippen LogP contribution is 2.41. The van der Waals surface area contributed by atoms with E-state index in [0.717, 1.165) is 49.9 Å². The van der Waals surface area contributed by atoms with Gasteiger partial charge in [-0.1, -0.05) is 91.9 Å². The minimum atomic E-state index is 0.214. The molecule has 0 N–H and O–H groups in total. The van der Waals surface area contributed by atoms with Gasteiger partial charge in [-0.05, 0) is 53.6 Å². The fourth-order valence-electron chi connectivity index (χ4n) is 6.62. The molecule has 3 heterocycles. The molecule has 1 aliphatic rings. The summed E-state index contributed by atoms with van der Waals surface area (Å²) in [5.41, 5.74) is 9.67. The Hall–Kier alpha value is -5.28. The number of hydrogen-bond acceptors (Lipinski definition) is 2. The molecule has 5 aromatic carbocycles. The van der Waals surface area contributed by atoms with Crippen LogP contribution in [0.15, 0.2) is 130 Å². The minimum Gasteiger partial charge on any atom is -0.458 e. The molecule has 3 heteroatoms. The molecule has 41 heavy (non-hydrogen) atoms. The first-order valence-corrected chi connectivity index (χ1v) is 14.1. The average Bonchev–Trinajstić information content (AvgIpc) is 3.64. The fourth-order valence-corrected chi connectivity index (χ4v) is 6.62. The summed E-state index contributed by atoms with van der Waals surface area (Å²) < 4.78 is 15.1. The van der Waals surface area contributed by atoms with Gasteiger partial charge in [0.1, 0.15) is 16.9 Å². The molecule has 0 saturated carbocycles. The van der Waals surface area contributed by atoms with Gasteiger partial charge in [-0.3, -0.25) is 0 Å². The van der Waals surface area contributed by atoms with Crippen molar-refractivity contribution in [3.05, 3.63) is 133 Å². The Kier molecular flexibility index (Phi) is 4.59. The van der Waals surface area contributed by atoms with E-state index in [9.17, 15) is 0 Å². The summed E-state index contributed by atoms with van der Waals surface area (Å²) in [6.45, 7) is 2.19. The van der Waals surface area contributed by atoms with E-state index in [0.29, 0.717) is 0 Å². The smallest absolute Gasteiger partial charge is 0.158 e. The summed E-state index contributed by atoms with van der Waals surface area (Å²) in [7, 11) is 0. The number of furan rings is 2. The van der Waals surface area contributed by atoms with Gasteiger partial charge in [0.05, 0.1) is 16.7 Å². The van der Waals surface area contributed by atoms with Crippen LogP contribution in [-0.2, 0) is 0 Å². The summed E-state index contributed by atoms with van der Waals surface area (Å²) in [6, 6.07) is 36.7. The maximum Gasteiger partial charge on any atom is 0.158 e. The third kappa shape index (κ3) is 3.20. The number of rotatable bonds is 2. The zero-order valence-corrected chi connectivity index (χ0v) is 22.5. The predicted octanol–water partition coefficient (Wildman–Crippen LogP) is 10.8. The van der Waals surface area contributed by atoms with Gasteiger partial charge in [-0.2, -0.15) is 0 Å². The van der Waals surface area contributed by atoms with Crippen LogP contribution in [0.1, 0.15) is 24.2 Å². The van der Waals surface area contributed by atoms with E-state index >= 15 is 0 Å². The van der Waals surface area contributed by atoms with E-state index in [2.05, 4.69) is 127 Å². The largest absolute Gasteiger partial charge is 0.458 e. The lowest BCUT2D eigenvalue weighted by molar-refractivity contribution is 0.535. The molecule has 0 saturated heterocycles. The summed E-state index contributed by atoms with van der Waals surface area (Å²) in [6.07, 6.45) is 8.57. The molecule has 1 atom stereocenters. The van der Waals surface area contributed by atoms with Crippen molar-refractivity contribution in [1.29, 1.82) is 0 Å². The molecule has 3 nitrogen and oxygen atoms in total. The Labute approximate surface area is 236 Å². The number of hydrogen-bond donors (Lipinski definition) is 0. The van der Waals surface area contributed by atoms with Crippen LogP contribution in [0.5, 0.6) is 0 Å². The van der Waals surface area contributed by atoms with E-state index in [1.165, 1.54) is 33.0 Å². The SMILES string of the molecule is CC1C=CC=Cc2c1oc1c(-n3c4ccccc4c4cc(-c5ccc6oc7ccccc7c6c5)ccc43)cccc21. The standard InChI is InChI=1S/C38H25NO2/c1-23-9-2-3-12-28-29-13-8-15-34(38(29)41-37(23)28)39-32-14-6-4-10-26(32)30-21-24(17-19-33(30)39)25-18-20-36-31(22-25)27-11-5-7-16-35(27)40-36/h2-23H,1H3. The second-order valence-electron chi connectivity index (χ2n) is 11.0. The topological polar surface area (TPSA) is 31.2 Å². The number of para-hydroxylation sites is 3. The molecule has 0 amide bonds. The average molecular weight is 528 g/mol. The van der Waals surface area contributed by atoms with E-state index in [-0.39, 0.29) is 5.92 Å². The van der Waals surface area contributed by atoms with E-state index in [1.54, 1.807) is 0 Å². The molecule has 0 aliphatic heterocycles. The van der Waals surface area contributed by atoms with Crippen molar-refractivity contribution in [1.82, 2.24) is 4.57 Å². The maximum absolute atomic E-state index is 6.66. The third-order valence-corrected chi connectivity index (χ3v) is 8.57. The first-order chi connectivity index (χ1) is 20.2. The maximum atomic E-state index is 6.66. The van der Waals surface area contributed by atoms with Gasteiger partial charge < -0.3 is 13.4 Å². The molecular weight excluding hydrogens is 502 g/mol. The molecule has 0 radical (unpaired) electrons. The van der Waals surface area contributed by atoms with Crippen molar-refractivity contribution in [3.8, 4) is 16.8 Å². The first kappa shape index (κ1) is 22.5. The van der Waals surface area contributed by atoms with E-state index in [1.807, 2.05) is 12.1 Å². The van der Waals surface area contributed by atoms with Gasteiger partial charge >= 0.3 is 0 Å². The van der Waals surface area contributed by atoms with Crippen molar-refractivity contribution >= 4 is 60.8 Å². The van der Waals surface area contributed by atoms with Gasteiger partial charge in [0, 0.05) is 38.4 Å². The van der Waals surface area contributed by atoms with Gasteiger partial charge in [-0.15, -0.1) is 0 Å². The zero-order valence-electron chi connectivity index (χ0n) is 22.5. The summed E-state index contributed by atoms with van der Waals surface area (Å²) in [5, 5.41) is 5.87. The van der Waals surface area contributed by atoms with Crippen molar-refractivity contribution in [2.45, 2.75) is 12.8 Å². The zero-order chi connectivity index (χ0) is 27.1. The molecule has 1 aliphatic carbocycles. The number of benzene rings is 5. The minimum absolute atomic E-state index is 0.214. The molecule has 1 unspecified atom stereocenters. The second-order valence-corrected chi connectivity index (χ2v) is 11.0. The van der Waals surface area contributed by atoms with Crippen LogP contribution >= 0.6 is 0 Å². The fraction of sp³-hybridized carbons (Fsp3) is 0.0526. The Morgan fingerprint density at radius 3 is 2.24 bits per heavy atom. The Bertz CT molecular complexity index is 2390. The second kappa shape index (κ2) is 8.36. The van der Waals surface area contributed by atoms with Crippen molar-refractivity contribution in [3.63, 3.8) is 0 Å². The van der Waals surface area contributed by atoms with Crippen LogP contribution in [0.3, 0.4) is 0 Å². The summed E-state index contributed by atoms with van der Waals surface area (Å²) >= 11 is 0. The summed E-state index contributed by atoms with van der Waals surface area (Å²) in [4.78, 5) is 0. The molecule has 8 aromatic rings. The lowest BCUT2D eigenvalue weighted by Gasteiger charge is -2.09. The summed E-state index contributed by atoms with van der Waals surface area (Å²) in [5.74, 6) is 1.23. The molecule has 0 bridgehead atoms. The van der Waals surface area contributed by atoms with Gasteiger partial charge in [0.25, 0.3) is 0 Å². The number of aromatic nitrogens is 1. The lowest BCUT2D eigenvalue weighted by atomic mass is 10.0. The Morgan fingerprint density at radius 2 is 1.32 bits per heavy atom.